The molecule has 1 saturated heterocycles. The van der Waals surface area contributed by atoms with Crippen LogP contribution in [0.4, 0.5) is 0 Å². The number of rotatable bonds is 5. The van der Waals surface area contributed by atoms with Gasteiger partial charge in [0.25, 0.3) is 5.91 Å². The molecule has 136 valence electrons. The van der Waals surface area contributed by atoms with Gasteiger partial charge in [0.1, 0.15) is 11.7 Å². The van der Waals surface area contributed by atoms with E-state index in [0.29, 0.717) is 24.4 Å². The van der Waals surface area contributed by atoms with Crippen LogP contribution in [-0.4, -0.2) is 43.4 Å². The molecule has 1 aliphatic heterocycles. The van der Waals surface area contributed by atoms with Gasteiger partial charge >= 0.3 is 0 Å². The second-order valence-electron chi connectivity index (χ2n) is 6.52. The first-order valence-corrected chi connectivity index (χ1v) is 8.90. The molecule has 0 unspecified atom stereocenters. The van der Waals surface area contributed by atoms with Crippen molar-refractivity contribution in [2.45, 2.75) is 32.9 Å². The molecule has 0 spiro atoms. The van der Waals surface area contributed by atoms with Gasteiger partial charge in [-0.3, -0.25) is 9.48 Å². The average molecular weight is 354 g/mol. The smallest absolute Gasteiger partial charge is 0.256 e. The first-order chi connectivity index (χ1) is 12.7. The maximum Gasteiger partial charge on any atom is 0.256 e. The summed E-state index contributed by atoms with van der Waals surface area (Å²) in [4.78, 5) is 17.1. The number of aryl methyl sites for hydroxylation is 2. The van der Waals surface area contributed by atoms with Gasteiger partial charge in [-0.25, -0.2) is 9.50 Å². The minimum atomic E-state index is -0.159. The van der Waals surface area contributed by atoms with Gasteiger partial charge < -0.3 is 10.1 Å². The summed E-state index contributed by atoms with van der Waals surface area (Å²) in [5.41, 5.74) is 2.98. The summed E-state index contributed by atoms with van der Waals surface area (Å²) in [6.07, 6.45) is 6.03. The number of hydrogen-bond acceptors (Lipinski definition) is 5. The van der Waals surface area contributed by atoms with Gasteiger partial charge in [-0.2, -0.15) is 10.2 Å². The highest BCUT2D eigenvalue weighted by Gasteiger charge is 2.32. The van der Waals surface area contributed by atoms with Crippen molar-refractivity contribution in [3.63, 3.8) is 0 Å². The monoisotopic (exact) mass is 354 g/mol. The Morgan fingerprint density at radius 1 is 1.38 bits per heavy atom. The van der Waals surface area contributed by atoms with Crippen LogP contribution in [0.3, 0.4) is 0 Å². The molecule has 4 heterocycles. The van der Waals surface area contributed by atoms with E-state index in [4.69, 9.17) is 4.74 Å². The topological polar surface area (TPSA) is 86.3 Å². The third-order valence-corrected chi connectivity index (χ3v) is 4.83. The van der Waals surface area contributed by atoms with E-state index in [1.807, 2.05) is 23.7 Å². The van der Waals surface area contributed by atoms with Gasteiger partial charge in [-0.15, -0.1) is 0 Å². The van der Waals surface area contributed by atoms with Crippen LogP contribution >= 0.6 is 0 Å². The van der Waals surface area contributed by atoms with E-state index in [-0.39, 0.29) is 17.9 Å². The van der Waals surface area contributed by atoms with Crippen molar-refractivity contribution in [3.8, 4) is 0 Å². The molecule has 0 saturated carbocycles. The van der Waals surface area contributed by atoms with Crippen molar-refractivity contribution >= 4 is 11.6 Å². The van der Waals surface area contributed by atoms with Crippen molar-refractivity contribution in [1.82, 2.24) is 29.7 Å². The minimum Gasteiger partial charge on any atom is -0.372 e. The molecule has 0 bridgehead atoms. The zero-order valence-corrected chi connectivity index (χ0v) is 14.9. The fraction of sp³-hybridized carbons (Fsp3) is 0.444. The summed E-state index contributed by atoms with van der Waals surface area (Å²) in [5, 5.41) is 11.5. The number of hydrogen-bond donors (Lipinski definition) is 1. The highest BCUT2D eigenvalue weighted by molar-refractivity contribution is 5.99. The molecule has 1 fully saturated rings. The molecule has 4 rings (SSSR count). The van der Waals surface area contributed by atoms with Crippen LogP contribution < -0.4 is 5.32 Å². The van der Waals surface area contributed by atoms with Gasteiger partial charge in [0.2, 0.25) is 0 Å². The molecule has 8 nitrogen and oxygen atoms in total. The number of carbonyl (C=O) groups excluding carboxylic acids is 1. The molecule has 0 aliphatic carbocycles. The van der Waals surface area contributed by atoms with Crippen LogP contribution in [0.5, 0.6) is 0 Å². The van der Waals surface area contributed by atoms with Crippen molar-refractivity contribution in [2.75, 3.05) is 13.2 Å². The van der Waals surface area contributed by atoms with Crippen molar-refractivity contribution in [1.29, 1.82) is 0 Å². The van der Waals surface area contributed by atoms with Gasteiger partial charge in [0, 0.05) is 43.7 Å². The van der Waals surface area contributed by atoms with Crippen molar-refractivity contribution < 1.29 is 9.53 Å². The predicted molar refractivity (Wildman–Crippen MR) is 94.8 cm³/mol. The zero-order valence-electron chi connectivity index (χ0n) is 14.9. The van der Waals surface area contributed by atoms with Crippen LogP contribution in [0, 0.1) is 12.8 Å². The lowest BCUT2D eigenvalue weighted by Crippen LogP contribution is -2.31. The Morgan fingerprint density at radius 2 is 2.27 bits per heavy atom. The fourth-order valence-corrected chi connectivity index (χ4v) is 3.46. The quantitative estimate of drug-likeness (QED) is 0.754. The number of nitrogens with one attached hydrogen (secondary N) is 1. The molecular weight excluding hydrogens is 332 g/mol. The number of ether oxygens (including phenoxy) is 1. The maximum absolute atomic E-state index is 12.6. The number of amides is 1. The summed E-state index contributed by atoms with van der Waals surface area (Å²) in [6, 6.07) is 3.85. The largest absolute Gasteiger partial charge is 0.372 e. The second-order valence-corrected chi connectivity index (χ2v) is 6.52. The van der Waals surface area contributed by atoms with E-state index in [1.54, 1.807) is 23.1 Å². The van der Waals surface area contributed by atoms with E-state index < -0.39 is 0 Å². The third-order valence-electron chi connectivity index (χ3n) is 4.83. The Labute approximate surface area is 151 Å². The van der Waals surface area contributed by atoms with Crippen molar-refractivity contribution in [2.24, 2.45) is 5.92 Å². The molecule has 1 aliphatic rings. The molecule has 0 radical (unpaired) electrons. The summed E-state index contributed by atoms with van der Waals surface area (Å²) in [6.45, 7) is 5.99. The van der Waals surface area contributed by atoms with E-state index in [9.17, 15) is 4.79 Å². The Hall–Kier alpha value is -2.74. The van der Waals surface area contributed by atoms with Crippen LogP contribution in [0.2, 0.25) is 0 Å². The Kier molecular flexibility index (Phi) is 4.42. The fourth-order valence-electron chi connectivity index (χ4n) is 3.46. The Balaban J connectivity index is 1.47. The van der Waals surface area contributed by atoms with Gasteiger partial charge in [0.05, 0.1) is 11.9 Å². The molecule has 26 heavy (non-hydrogen) atoms. The van der Waals surface area contributed by atoms with Crippen LogP contribution in [0.15, 0.2) is 30.7 Å². The van der Waals surface area contributed by atoms with Gasteiger partial charge in [-0.1, -0.05) is 0 Å². The predicted octanol–water partition coefficient (Wildman–Crippen LogP) is 1.76. The summed E-state index contributed by atoms with van der Waals surface area (Å²) in [7, 11) is 0. The molecule has 3 aromatic heterocycles. The zero-order chi connectivity index (χ0) is 18.1. The second kappa shape index (κ2) is 6.87. The summed E-state index contributed by atoms with van der Waals surface area (Å²) < 4.78 is 9.48. The van der Waals surface area contributed by atoms with Crippen LogP contribution in [0.1, 0.15) is 41.2 Å². The van der Waals surface area contributed by atoms with E-state index >= 15 is 0 Å². The highest BCUT2D eigenvalue weighted by atomic mass is 16.5. The molecule has 3 aromatic rings. The molecule has 0 aromatic carbocycles. The van der Waals surface area contributed by atoms with Crippen LogP contribution in [0.25, 0.3) is 5.65 Å². The Morgan fingerprint density at radius 3 is 3.12 bits per heavy atom. The SMILES string of the molecule is CCn1nccc1[C@@H]1OCC[C@H]1CNC(=O)c1cnn2ccc(C)nc12. The molecule has 1 N–H and O–H groups in total. The number of nitrogens with zero attached hydrogens (tertiary/aromatic N) is 5. The third kappa shape index (κ3) is 2.96. The average Bonchev–Trinajstić information content (AvgIpc) is 3.37. The lowest BCUT2D eigenvalue weighted by Gasteiger charge is -2.19. The number of fused-ring (bicyclic) bond motifs is 1. The summed E-state index contributed by atoms with van der Waals surface area (Å²) >= 11 is 0. The molecule has 1 amide bonds. The highest BCUT2D eigenvalue weighted by Crippen LogP contribution is 2.34. The van der Waals surface area contributed by atoms with Crippen molar-refractivity contribution in [3.05, 3.63) is 47.7 Å². The molecule has 8 heteroatoms. The Bertz CT molecular complexity index is 931. The molecular formula is C18H22N6O2. The lowest BCUT2D eigenvalue weighted by molar-refractivity contribution is 0.0795. The lowest BCUT2D eigenvalue weighted by atomic mass is 9.98. The van der Waals surface area contributed by atoms with E-state index in [0.717, 1.165) is 24.4 Å². The first kappa shape index (κ1) is 16.7. The number of aromatic nitrogens is 5. The minimum absolute atomic E-state index is 0.0398. The molecule has 2 atom stereocenters. The first-order valence-electron chi connectivity index (χ1n) is 8.90. The standard InChI is InChI=1S/C18H22N6O2/c1-3-23-15(4-7-20-23)16-13(6-9-26-16)10-19-18(25)14-11-21-24-8-5-12(2)22-17(14)24/h4-5,7-8,11,13,16H,3,6,9-10H2,1-2H3,(H,19,25)/t13-,16+/m0/s1. The maximum atomic E-state index is 12.6. The van der Waals surface area contributed by atoms with E-state index in [1.165, 1.54) is 0 Å². The normalized spacial score (nSPS) is 19.9. The van der Waals surface area contributed by atoms with Gasteiger partial charge in [-0.05, 0) is 32.4 Å². The van der Waals surface area contributed by atoms with E-state index in [2.05, 4.69) is 27.4 Å². The number of carbonyl (C=O) groups is 1. The summed E-state index contributed by atoms with van der Waals surface area (Å²) in [5.74, 6) is 0.0604. The van der Waals surface area contributed by atoms with Gasteiger partial charge in [0.15, 0.2) is 5.65 Å². The van der Waals surface area contributed by atoms with Crippen LogP contribution in [-0.2, 0) is 11.3 Å².